The first-order valence-corrected chi connectivity index (χ1v) is 8.50. The molecule has 0 aromatic heterocycles. The van der Waals surface area contributed by atoms with Gasteiger partial charge in [0, 0.05) is 36.6 Å². The van der Waals surface area contributed by atoms with Crippen LogP contribution in [-0.2, 0) is 4.74 Å². The molecule has 3 rings (SSSR count). The van der Waals surface area contributed by atoms with E-state index >= 15 is 0 Å². The van der Waals surface area contributed by atoms with Gasteiger partial charge in [-0.2, -0.15) is 0 Å². The average molecular weight is 341 g/mol. The van der Waals surface area contributed by atoms with Crippen LogP contribution in [-0.4, -0.2) is 43.1 Å². The Hall–Kier alpha value is -1.24. The molecule has 2 fully saturated rings. The minimum Gasteiger partial charge on any atom is -0.491 e. The predicted octanol–water partition coefficient (Wildman–Crippen LogP) is 2.50. The Kier molecular flexibility index (Phi) is 5.08. The molecule has 1 aromatic rings. The predicted molar refractivity (Wildman–Crippen MR) is 85.9 cm³/mol. The fraction of sp³-hybridized carbons (Fsp3) is 0.667. The van der Waals surface area contributed by atoms with Gasteiger partial charge < -0.3 is 19.9 Å². The van der Waals surface area contributed by atoms with E-state index in [1.807, 2.05) is 0 Å². The second-order valence-electron chi connectivity index (χ2n) is 7.35. The molecule has 4 atom stereocenters. The van der Waals surface area contributed by atoms with Crippen molar-refractivity contribution >= 4 is 0 Å². The molecule has 2 N–H and O–H groups in total. The normalized spacial score (nSPS) is 29.5. The second kappa shape index (κ2) is 6.94. The zero-order chi connectivity index (χ0) is 17.3. The van der Waals surface area contributed by atoms with Gasteiger partial charge in [0.15, 0.2) is 11.6 Å². The molecule has 1 saturated heterocycles. The third kappa shape index (κ3) is 3.41. The van der Waals surface area contributed by atoms with E-state index in [1.165, 1.54) is 6.07 Å². The largest absolute Gasteiger partial charge is 0.491 e. The fourth-order valence-electron chi connectivity index (χ4n) is 4.02. The van der Waals surface area contributed by atoms with Gasteiger partial charge in [0.1, 0.15) is 18.5 Å². The van der Waals surface area contributed by atoms with Crippen LogP contribution < -0.4 is 10.1 Å². The molecule has 6 heteroatoms. The van der Waals surface area contributed by atoms with Gasteiger partial charge in [-0.15, -0.1) is 0 Å². The van der Waals surface area contributed by atoms with Gasteiger partial charge in [-0.05, 0) is 25.0 Å². The van der Waals surface area contributed by atoms with Gasteiger partial charge in [0.2, 0.25) is 0 Å². The topological polar surface area (TPSA) is 50.7 Å². The maximum absolute atomic E-state index is 13.1. The lowest BCUT2D eigenvalue weighted by molar-refractivity contribution is -0.193. The summed E-state index contributed by atoms with van der Waals surface area (Å²) in [5.74, 6) is -1.17. The lowest BCUT2D eigenvalue weighted by Gasteiger charge is -2.60. The molecule has 1 aliphatic carbocycles. The van der Waals surface area contributed by atoms with Crippen molar-refractivity contribution in [1.82, 2.24) is 5.32 Å². The SMILES string of the molecule is CC1(C)[C@H](NC[C@H](O)COc2ccc(F)c(F)c2)[C@@H]2CCCO[C@@H]21. The van der Waals surface area contributed by atoms with Crippen LogP contribution >= 0.6 is 0 Å². The molecule has 0 unspecified atom stereocenters. The maximum atomic E-state index is 13.1. The Morgan fingerprint density at radius 1 is 1.38 bits per heavy atom. The number of hydrogen-bond acceptors (Lipinski definition) is 4. The molecule has 1 saturated carbocycles. The number of rotatable bonds is 6. The molecule has 2 aliphatic rings. The number of halogens is 2. The molecule has 4 nitrogen and oxygen atoms in total. The highest BCUT2D eigenvalue weighted by Gasteiger charge is 2.57. The van der Waals surface area contributed by atoms with Crippen LogP contribution in [0.4, 0.5) is 8.78 Å². The Morgan fingerprint density at radius 3 is 2.92 bits per heavy atom. The van der Waals surface area contributed by atoms with E-state index < -0.39 is 17.7 Å². The van der Waals surface area contributed by atoms with Crippen LogP contribution in [0.3, 0.4) is 0 Å². The van der Waals surface area contributed by atoms with Crippen LogP contribution in [0.25, 0.3) is 0 Å². The van der Waals surface area contributed by atoms with E-state index in [-0.39, 0.29) is 17.8 Å². The summed E-state index contributed by atoms with van der Waals surface area (Å²) in [4.78, 5) is 0. The Bertz CT molecular complexity index is 581. The van der Waals surface area contributed by atoms with Crippen LogP contribution in [0.5, 0.6) is 5.75 Å². The highest BCUT2D eigenvalue weighted by atomic mass is 19.2. The van der Waals surface area contributed by atoms with Gasteiger partial charge >= 0.3 is 0 Å². The molecule has 1 heterocycles. The van der Waals surface area contributed by atoms with E-state index in [2.05, 4.69) is 19.2 Å². The summed E-state index contributed by atoms with van der Waals surface area (Å²) in [6.07, 6.45) is 1.79. The molecular weight excluding hydrogens is 316 g/mol. The van der Waals surface area contributed by atoms with Gasteiger partial charge in [0.25, 0.3) is 0 Å². The van der Waals surface area contributed by atoms with Crippen LogP contribution in [0.1, 0.15) is 26.7 Å². The molecule has 0 radical (unpaired) electrons. The maximum Gasteiger partial charge on any atom is 0.162 e. The Labute approximate surface area is 141 Å². The number of aliphatic hydroxyl groups is 1. The van der Waals surface area contributed by atoms with Crippen molar-refractivity contribution in [2.75, 3.05) is 19.8 Å². The molecule has 1 aliphatic heterocycles. The molecule has 0 bridgehead atoms. The van der Waals surface area contributed by atoms with E-state index in [0.717, 1.165) is 31.6 Å². The van der Waals surface area contributed by atoms with E-state index in [9.17, 15) is 13.9 Å². The van der Waals surface area contributed by atoms with Crippen molar-refractivity contribution in [3.8, 4) is 5.75 Å². The summed E-state index contributed by atoms with van der Waals surface area (Å²) in [7, 11) is 0. The number of benzene rings is 1. The third-order valence-corrected chi connectivity index (χ3v) is 5.24. The summed E-state index contributed by atoms with van der Waals surface area (Å²) < 4.78 is 37.2. The summed E-state index contributed by atoms with van der Waals surface area (Å²) in [5, 5.41) is 13.5. The second-order valence-corrected chi connectivity index (χ2v) is 7.35. The number of hydrogen-bond donors (Lipinski definition) is 2. The molecular formula is C18H25F2NO3. The van der Waals surface area contributed by atoms with E-state index in [4.69, 9.17) is 9.47 Å². The van der Waals surface area contributed by atoms with Crippen molar-refractivity contribution in [2.24, 2.45) is 11.3 Å². The van der Waals surface area contributed by atoms with E-state index in [1.54, 1.807) is 0 Å². The number of aliphatic hydroxyl groups excluding tert-OH is 1. The average Bonchev–Trinajstić information content (AvgIpc) is 2.56. The standard InChI is InChI=1S/C18H25F2NO3/c1-18(2)16(13-4-3-7-23-17(13)18)21-9-11(22)10-24-12-5-6-14(19)15(20)8-12/h5-6,8,11,13,16-17,21-22H,3-4,7,9-10H2,1-2H3/t11-,13-,16+,17-/m0/s1. The lowest BCUT2D eigenvalue weighted by atomic mass is 9.55. The molecule has 0 spiro atoms. The molecule has 24 heavy (non-hydrogen) atoms. The zero-order valence-electron chi connectivity index (χ0n) is 14.1. The first-order valence-electron chi connectivity index (χ1n) is 8.50. The van der Waals surface area contributed by atoms with Gasteiger partial charge in [-0.1, -0.05) is 13.8 Å². The van der Waals surface area contributed by atoms with Crippen LogP contribution in [0.15, 0.2) is 18.2 Å². The zero-order valence-corrected chi connectivity index (χ0v) is 14.1. The van der Waals surface area contributed by atoms with Crippen molar-refractivity contribution in [3.63, 3.8) is 0 Å². The first kappa shape index (κ1) is 17.6. The van der Waals surface area contributed by atoms with Crippen molar-refractivity contribution in [2.45, 2.75) is 44.9 Å². The number of ether oxygens (including phenoxy) is 2. The first-order chi connectivity index (χ1) is 11.4. The summed E-state index contributed by atoms with van der Waals surface area (Å²) in [6.45, 7) is 5.61. The Morgan fingerprint density at radius 2 is 2.17 bits per heavy atom. The molecule has 0 amide bonds. The number of fused-ring (bicyclic) bond motifs is 1. The highest BCUT2D eigenvalue weighted by Crippen LogP contribution is 2.51. The molecule has 1 aromatic carbocycles. The third-order valence-electron chi connectivity index (χ3n) is 5.24. The summed E-state index contributed by atoms with van der Waals surface area (Å²) >= 11 is 0. The smallest absolute Gasteiger partial charge is 0.162 e. The fourth-order valence-corrected chi connectivity index (χ4v) is 4.02. The summed E-state index contributed by atoms with van der Waals surface area (Å²) in [5.41, 5.74) is 0.0474. The Balaban J connectivity index is 1.45. The van der Waals surface area contributed by atoms with Gasteiger partial charge in [0.05, 0.1) is 6.10 Å². The summed E-state index contributed by atoms with van der Waals surface area (Å²) in [6, 6.07) is 3.64. The van der Waals surface area contributed by atoms with Gasteiger partial charge in [-0.25, -0.2) is 8.78 Å². The minimum atomic E-state index is -0.959. The monoisotopic (exact) mass is 341 g/mol. The van der Waals surface area contributed by atoms with Crippen molar-refractivity contribution < 1.29 is 23.4 Å². The quantitative estimate of drug-likeness (QED) is 0.835. The highest BCUT2D eigenvalue weighted by molar-refractivity contribution is 5.23. The van der Waals surface area contributed by atoms with Crippen molar-refractivity contribution in [1.29, 1.82) is 0 Å². The van der Waals surface area contributed by atoms with Crippen LogP contribution in [0.2, 0.25) is 0 Å². The molecule has 134 valence electrons. The number of nitrogens with one attached hydrogen (secondary N) is 1. The van der Waals surface area contributed by atoms with E-state index in [0.29, 0.717) is 24.6 Å². The minimum absolute atomic E-state index is 0.0236. The van der Waals surface area contributed by atoms with Gasteiger partial charge in [-0.3, -0.25) is 0 Å². The van der Waals surface area contributed by atoms with Crippen molar-refractivity contribution in [3.05, 3.63) is 29.8 Å². The van der Waals surface area contributed by atoms with Crippen LogP contribution in [0, 0.1) is 23.0 Å². The lowest BCUT2D eigenvalue weighted by Crippen LogP contribution is -2.69.